The average molecular weight is 845 g/mol. The normalized spacial score (nSPS) is 21.0. The standard InChI is InChI=1S/C45H80O12S/c1-3-5-7-9-11-13-15-17-18-19-20-21-22-23-24-26-28-30-32-34-41(47)55-39(37-53-35-33-31-29-27-25-16-14-12-10-8-6-4-2)38-54-45-43(49)44(57-58(50,51)52)42(48)40(36-46)56-45/h10-13,17-18,20-21,39-40,42-46,48-49H,3-9,14-16,19,22-38H2,1-2H3,(H,50,51,52)/b12-10-,13-11-,18-17-,21-20-. The molecule has 0 spiro atoms. The first kappa shape index (κ1) is 54.1. The molecule has 1 rings (SSSR count). The Morgan fingerprint density at radius 1 is 0.655 bits per heavy atom. The number of unbranched alkanes of at least 4 members (excludes halogenated alkanes) is 17. The van der Waals surface area contributed by atoms with E-state index < -0.39 is 59.8 Å². The van der Waals surface area contributed by atoms with Gasteiger partial charge in [-0.15, -0.1) is 0 Å². The van der Waals surface area contributed by atoms with Crippen LogP contribution in [-0.2, 0) is 38.3 Å². The van der Waals surface area contributed by atoms with E-state index in [0.29, 0.717) is 13.0 Å². The Morgan fingerprint density at radius 2 is 1.16 bits per heavy atom. The second-order valence-electron chi connectivity index (χ2n) is 15.3. The zero-order valence-corrected chi connectivity index (χ0v) is 36.7. The van der Waals surface area contributed by atoms with E-state index in [1.54, 1.807) is 0 Å². The van der Waals surface area contributed by atoms with E-state index in [2.05, 4.69) is 66.6 Å². The summed E-state index contributed by atoms with van der Waals surface area (Å²) in [7, 11) is -5.06. The Bertz CT molecular complexity index is 1200. The fourth-order valence-electron chi connectivity index (χ4n) is 6.48. The molecule has 0 amide bonds. The number of rotatable bonds is 38. The highest BCUT2D eigenvalue weighted by molar-refractivity contribution is 7.80. The van der Waals surface area contributed by atoms with Crippen molar-refractivity contribution < 1.29 is 56.2 Å². The monoisotopic (exact) mass is 845 g/mol. The summed E-state index contributed by atoms with van der Waals surface area (Å²) < 4.78 is 59.0. The van der Waals surface area contributed by atoms with E-state index in [4.69, 9.17) is 23.5 Å². The molecule has 0 aliphatic carbocycles. The van der Waals surface area contributed by atoms with Crippen LogP contribution in [0.2, 0.25) is 0 Å². The molecule has 13 heteroatoms. The minimum atomic E-state index is -5.06. The Morgan fingerprint density at radius 3 is 1.72 bits per heavy atom. The van der Waals surface area contributed by atoms with Gasteiger partial charge in [0.1, 0.15) is 30.5 Å². The van der Waals surface area contributed by atoms with Crippen LogP contribution in [0.3, 0.4) is 0 Å². The SMILES string of the molecule is CCCC/C=C\CCCCCCCCOCC(COC1OC(CO)C(O)C(OS(=O)(=O)O)C1O)OC(=O)CCCCCCCC/C=C\C/C=C\C/C=C\CCCCC. The molecule has 338 valence electrons. The van der Waals surface area contributed by atoms with E-state index in [9.17, 15) is 28.5 Å². The highest BCUT2D eigenvalue weighted by Crippen LogP contribution is 2.26. The van der Waals surface area contributed by atoms with E-state index in [1.807, 2.05) is 0 Å². The van der Waals surface area contributed by atoms with Crippen molar-refractivity contribution in [2.45, 2.75) is 205 Å². The number of hydrogen-bond acceptors (Lipinski definition) is 11. The molecule has 12 nitrogen and oxygen atoms in total. The molecule has 4 N–H and O–H groups in total. The lowest BCUT2D eigenvalue weighted by Gasteiger charge is -2.41. The molecule has 1 aliphatic rings. The maximum Gasteiger partial charge on any atom is 0.397 e. The lowest BCUT2D eigenvalue weighted by molar-refractivity contribution is -0.301. The minimum absolute atomic E-state index is 0.0250. The number of hydrogen-bond donors (Lipinski definition) is 4. The summed E-state index contributed by atoms with van der Waals surface area (Å²) >= 11 is 0. The molecule has 6 unspecified atom stereocenters. The zero-order chi connectivity index (χ0) is 42.5. The smallest absolute Gasteiger partial charge is 0.397 e. The molecule has 1 heterocycles. The van der Waals surface area contributed by atoms with Crippen LogP contribution in [0.25, 0.3) is 0 Å². The summed E-state index contributed by atoms with van der Waals surface area (Å²) in [5.74, 6) is -0.416. The van der Waals surface area contributed by atoms with Crippen molar-refractivity contribution >= 4 is 16.4 Å². The molecule has 0 aromatic carbocycles. The highest BCUT2D eigenvalue weighted by atomic mass is 32.3. The largest absolute Gasteiger partial charge is 0.457 e. The lowest BCUT2D eigenvalue weighted by Crippen LogP contribution is -2.60. The molecule has 0 aromatic heterocycles. The van der Waals surface area contributed by atoms with Gasteiger partial charge in [-0.25, -0.2) is 4.18 Å². The second-order valence-corrected chi connectivity index (χ2v) is 16.3. The summed E-state index contributed by atoms with van der Waals surface area (Å²) in [6, 6.07) is 0. The molecular formula is C45H80O12S. The first-order valence-electron chi connectivity index (χ1n) is 22.4. The molecule has 1 aliphatic heterocycles. The quantitative estimate of drug-likeness (QED) is 0.0201. The van der Waals surface area contributed by atoms with Gasteiger partial charge in [0, 0.05) is 13.0 Å². The second kappa shape index (κ2) is 36.9. The van der Waals surface area contributed by atoms with Crippen molar-refractivity contribution in [3.8, 4) is 0 Å². The zero-order valence-electron chi connectivity index (χ0n) is 35.8. The third-order valence-electron chi connectivity index (χ3n) is 9.92. The number of carbonyl (C=O) groups is 1. The van der Waals surface area contributed by atoms with Crippen LogP contribution >= 0.6 is 0 Å². The van der Waals surface area contributed by atoms with Crippen LogP contribution in [0.15, 0.2) is 48.6 Å². The van der Waals surface area contributed by atoms with Crippen molar-refractivity contribution in [1.82, 2.24) is 0 Å². The number of aliphatic hydroxyl groups excluding tert-OH is 3. The van der Waals surface area contributed by atoms with Gasteiger partial charge in [0.15, 0.2) is 6.29 Å². The van der Waals surface area contributed by atoms with Crippen molar-refractivity contribution in [2.75, 3.05) is 26.4 Å². The first-order chi connectivity index (χ1) is 28.1. The van der Waals surface area contributed by atoms with Gasteiger partial charge in [0.05, 0.1) is 19.8 Å². The van der Waals surface area contributed by atoms with Gasteiger partial charge in [-0.05, 0) is 70.6 Å². The number of aliphatic hydroxyl groups is 3. The lowest BCUT2D eigenvalue weighted by atomic mass is 9.99. The van der Waals surface area contributed by atoms with Gasteiger partial charge in [-0.3, -0.25) is 9.35 Å². The van der Waals surface area contributed by atoms with Crippen molar-refractivity contribution in [3.63, 3.8) is 0 Å². The van der Waals surface area contributed by atoms with Gasteiger partial charge in [0.25, 0.3) is 0 Å². The molecule has 58 heavy (non-hydrogen) atoms. The van der Waals surface area contributed by atoms with Crippen LogP contribution in [0.1, 0.15) is 168 Å². The van der Waals surface area contributed by atoms with Crippen molar-refractivity contribution in [2.24, 2.45) is 0 Å². The third kappa shape index (κ3) is 30.1. The van der Waals surface area contributed by atoms with Crippen LogP contribution in [0.5, 0.6) is 0 Å². The topological polar surface area (TPSA) is 178 Å². The number of ether oxygens (including phenoxy) is 4. The first-order valence-corrected chi connectivity index (χ1v) is 23.8. The van der Waals surface area contributed by atoms with Crippen LogP contribution in [0, 0.1) is 0 Å². The van der Waals surface area contributed by atoms with E-state index in [-0.39, 0.29) is 19.6 Å². The molecular weight excluding hydrogens is 765 g/mol. The molecule has 1 saturated heterocycles. The Labute approximate surface area is 351 Å². The Kier molecular flexibility index (Phi) is 34.4. The summed E-state index contributed by atoms with van der Waals surface area (Å²) in [5.41, 5.74) is 0. The highest BCUT2D eigenvalue weighted by Gasteiger charge is 2.48. The average Bonchev–Trinajstić information content (AvgIpc) is 3.19. The van der Waals surface area contributed by atoms with Crippen LogP contribution in [-0.4, -0.2) is 97.5 Å². The molecule has 0 saturated carbocycles. The maximum atomic E-state index is 12.8. The molecule has 0 aromatic rings. The van der Waals surface area contributed by atoms with Crippen LogP contribution in [0.4, 0.5) is 0 Å². The summed E-state index contributed by atoms with van der Waals surface area (Å²) in [5, 5.41) is 30.6. The fourth-order valence-corrected chi connectivity index (χ4v) is 6.99. The van der Waals surface area contributed by atoms with Gasteiger partial charge in [0.2, 0.25) is 0 Å². The third-order valence-corrected chi connectivity index (χ3v) is 10.4. The Balaban J connectivity index is 2.44. The van der Waals surface area contributed by atoms with E-state index in [0.717, 1.165) is 83.5 Å². The summed E-state index contributed by atoms with van der Waals surface area (Å²) in [4.78, 5) is 12.8. The van der Waals surface area contributed by atoms with Gasteiger partial charge in [-0.2, -0.15) is 8.42 Å². The number of carbonyl (C=O) groups excluding carboxylic acids is 1. The Hall–Kier alpha value is -1.94. The van der Waals surface area contributed by atoms with Gasteiger partial charge in [-0.1, -0.05) is 140 Å². The fraction of sp³-hybridized carbons (Fsp3) is 0.800. The minimum Gasteiger partial charge on any atom is -0.457 e. The summed E-state index contributed by atoms with van der Waals surface area (Å²) in [6.07, 6.45) is 34.3. The van der Waals surface area contributed by atoms with E-state index >= 15 is 0 Å². The molecule has 1 fully saturated rings. The predicted octanol–water partition coefficient (Wildman–Crippen LogP) is 9.19. The molecule has 6 atom stereocenters. The maximum absolute atomic E-state index is 12.8. The van der Waals surface area contributed by atoms with Crippen LogP contribution < -0.4 is 0 Å². The van der Waals surface area contributed by atoms with Crippen molar-refractivity contribution in [3.05, 3.63) is 48.6 Å². The number of allylic oxidation sites excluding steroid dienone is 8. The van der Waals surface area contributed by atoms with E-state index in [1.165, 1.54) is 57.8 Å². The molecule has 0 bridgehead atoms. The van der Waals surface area contributed by atoms with Gasteiger partial charge < -0.3 is 34.3 Å². The number of esters is 1. The summed E-state index contributed by atoms with van der Waals surface area (Å²) in [6.45, 7) is 3.88. The molecule has 0 radical (unpaired) electrons. The van der Waals surface area contributed by atoms with Crippen molar-refractivity contribution in [1.29, 1.82) is 0 Å². The predicted molar refractivity (Wildman–Crippen MR) is 230 cm³/mol. The van der Waals surface area contributed by atoms with Gasteiger partial charge >= 0.3 is 16.4 Å².